The SMILES string of the molecule is CC(CO)c1cc2c(C(F)(F)F)cccc2o1. The number of fused-ring (bicyclic) bond motifs is 1. The minimum atomic E-state index is -4.40. The molecule has 1 aromatic heterocycles. The van der Waals surface area contributed by atoms with E-state index in [1.807, 2.05) is 0 Å². The highest BCUT2D eigenvalue weighted by molar-refractivity contribution is 5.82. The van der Waals surface area contributed by atoms with Crippen LogP contribution in [0.1, 0.15) is 24.2 Å². The van der Waals surface area contributed by atoms with Gasteiger partial charge in [-0.25, -0.2) is 0 Å². The fraction of sp³-hybridized carbons (Fsp3) is 0.333. The number of benzene rings is 1. The summed E-state index contributed by atoms with van der Waals surface area (Å²) in [7, 11) is 0. The van der Waals surface area contributed by atoms with E-state index in [9.17, 15) is 13.2 Å². The predicted octanol–water partition coefficient (Wildman–Crippen LogP) is 3.55. The van der Waals surface area contributed by atoms with Crippen molar-refractivity contribution in [3.63, 3.8) is 0 Å². The Labute approximate surface area is 95.7 Å². The number of aliphatic hydroxyl groups is 1. The zero-order chi connectivity index (χ0) is 12.6. The Bertz CT molecular complexity index is 528. The van der Waals surface area contributed by atoms with E-state index in [2.05, 4.69) is 0 Å². The second-order valence-electron chi connectivity index (χ2n) is 3.95. The van der Waals surface area contributed by atoms with Crippen LogP contribution in [0.25, 0.3) is 11.0 Å². The van der Waals surface area contributed by atoms with E-state index in [0.29, 0.717) is 5.76 Å². The van der Waals surface area contributed by atoms with Gasteiger partial charge in [-0.15, -0.1) is 0 Å². The molecule has 1 unspecified atom stereocenters. The number of hydrogen-bond acceptors (Lipinski definition) is 2. The van der Waals surface area contributed by atoms with Crippen molar-refractivity contribution in [2.45, 2.75) is 19.0 Å². The molecule has 2 rings (SSSR count). The maximum atomic E-state index is 12.7. The first-order chi connectivity index (χ1) is 7.93. The fourth-order valence-corrected chi connectivity index (χ4v) is 1.66. The van der Waals surface area contributed by atoms with Gasteiger partial charge in [-0.2, -0.15) is 13.2 Å². The first kappa shape index (κ1) is 12.0. The van der Waals surface area contributed by atoms with Crippen molar-refractivity contribution >= 4 is 11.0 Å². The normalized spacial score (nSPS) is 14.2. The predicted molar refractivity (Wildman–Crippen MR) is 56.7 cm³/mol. The van der Waals surface area contributed by atoms with Crippen LogP contribution in [0.4, 0.5) is 13.2 Å². The van der Waals surface area contributed by atoms with E-state index in [1.165, 1.54) is 18.2 Å². The number of rotatable bonds is 2. The molecule has 0 saturated carbocycles. The van der Waals surface area contributed by atoms with Crippen molar-refractivity contribution in [1.29, 1.82) is 0 Å². The van der Waals surface area contributed by atoms with Gasteiger partial charge in [0.1, 0.15) is 11.3 Å². The highest BCUT2D eigenvalue weighted by Crippen LogP contribution is 2.37. The number of furan rings is 1. The molecule has 0 aliphatic carbocycles. The minimum Gasteiger partial charge on any atom is -0.461 e. The van der Waals surface area contributed by atoms with Gasteiger partial charge in [-0.05, 0) is 18.2 Å². The van der Waals surface area contributed by atoms with E-state index >= 15 is 0 Å². The van der Waals surface area contributed by atoms with Gasteiger partial charge in [-0.1, -0.05) is 13.0 Å². The average molecular weight is 244 g/mol. The highest BCUT2D eigenvalue weighted by Gasteiger charge is 2.33. The lowest BCUT2D eigenvalue weighted by atomic mass is 10.1. The van der Waals surface area contributed by atoms with Crippen molar-refractivity contribution in [3.05, 3.63) is 35.6 Å². The molecule has 92 valence electrons. The Morgan fingerprint density at radius 2 is 2.06 bits per heavy atom. The molecule has 2 aromatic rings. The van der Waals surface area contributed by atoms with E-state index in [-0.39, 0.29) is 23.5 Å². The molecule has 0 saturated heterocycles. The molecular weight excluding hydrogens is 233 g/mol. The molecule has 17 heavy (non-hydrogen) atoms. The van der Waals surface area contributed by atoms with Crippen molar-refractivity contribution < 1.29 is 22.7 Å². The van der Waals surface area contributed by atoms with Crippen LogP contribution in [0.5, 0.6) is 0 Å². The van der Waals surface area contributed by atoms with Gasteiger partial charge in [0.25, 0.3) is 0 Å². The molecule has 1 atom stereocenters. The monoisotopic (exact) mass is 244 g/mol. The number of alkyl halides is 3. The topological polar surface area (TPSA) is 33.4 Å². The van der Waals surface area contributed by atoms with Crippen LogP contribution in [0.2, 0.25) is 0 Å². The third kappa shape index (κ3) is 2.15. The maximum absolute atomic E-state index is 12.7. The molecule has 0 bridgehead atoms. The molecule has 2 nitrogen and oxygen atoms in total. The smallest absolute Gasteiger partial charge is 0.417 e. The molecule has 0 aliphatic rings. The Morgan fingerprint density at radius 3 is 2.65 bits per heavy atom. The number of halogens is 3. The summed E-state index contributed by atoms with van der Waals surface area (Å²) in [6.45, 7) is 1.52. The van der Waals surface area contributed by atoms with E-state index in [4.69, 9.17) is 9.52 Å². The first-order valence-corrected chi connectivity index (χ1v) is 5.14. The van der Waals surface area contributed by atoms with E-state index in [1.54, 1.807) is 6.92 Å². The van der Waals surface area contributed by atoms with Crippen LogP contribution >= 0.6 is 0 Å². The summed E-state index contributed by atoms with van der Waals surface area (Å²) in [5, 5.41) is 9.00. The van der Waals surface area contributed by atoms with Crippen LogP contribution in [-0.4, -0.2) is 11.7 Å². The minimum absolute atomic E-state index is 0.0373. The van der Waals surface area contributed by atoms with Crippen LogP contribution in [-0.2, 0) is 6.18 Å². The summed E-state index contributed by atoms with van der Waals surface area (Å²) >= 11 is 0. The molecular formula is C12H11F3O2. The molecule has 1 heterocycles. The Hall–Kier alpha value is -1.49. The molecule has 1 aromatic carbocycles. The van der Waals surface area contributed by atoms with Crippen LogP contribution in [0.15, 0.2) is 28.7 Å². The van der Waals surface area contributed by atoms with Crippen molar-refractivity contribution in [1.82, 2.24) is 0 Å². The first-order valence-electron chi connectivity index (χ1n) is 5.14. The molecule has 0 aliphatic heterocycles. The van der Waals surface area contributed by atoms with Crippen molar-refractivity contribution in [2.24, 2.45) is 0 Å². The summed E-state index contributed by atoms with van der Waals surface area (Å²) < 4.78 is 43.5. The largest absolute Gasteiger partial charge is 0.461 e. The quantitative estimate of drug-likeness (QED) is 0.876. The summed E-state index contributed by atoms with van der Waals surface area (Å²) in [6, 6.07) is 5.16. The second-order valence-corrected chi connectivity index (χ2v) is 3.95. The van der Waals surface area contributed by atoms with Gasteiger partial charge >= 0.3 is 6.18 Å². The van der Waals surface area contributed by atoms with E-state index < -0.39 is 11.7 Å². The summed E-state index contributed by atoms with van der Waals surface area (Å²) in [5.74, 6) is 0.0442. The van der Waals surface area contributed by atoms with Gasteiger partial charge < -0.3 is 9.52 Å². The molecule has 0 spiro atoms. The van der Waals surface area contributed by atoms with Gasteiger partial charge in [0.05, 0.1) is 12.2 Å². The Kier molecular flexibility index (Phi) is 2.87. The van der Waals surface area contributed by atoms with Gasteiger partial charge in [0, 0.05) is 11.3 Å². The average Bonchev–Trinajstić information content (AvgIpc) is 2.69. The number of aliphatic hydroxyl groups excluding tert-OH is 1. The summed E-state index contributed by atoms with van der Waals surface area (Å²) in [6.07, 6.45) is -4.40. The Balaban J connectivity index is 2.61. The molecule has 5 heteroatoms. The fourth-order valence-electron chi connectivity index (χ4n) is 1.66. The molecule has 1 N–H and O–H groups in total. The van der Waals surface area contributed by atoms with Crippen LogP contribution in [0.3, 0.4) is 0 Å². The zero-order valence-corrected chi connectivity index (χ0v) is 9.08. The summed E-state index contributed by atoms with van der Waals surface area (Å²) in [5.41, 5.74) is -0.523. The van der Waals surface area contributed by atoms with Crippen LogP contribution in [0, 0.1) is 0 Å². The van der Waals surface area contributed by atoms with Crippen molar-refractivity contribution in [3.8, 4) is 0 Å². The molecule has 0 fully saturated rings. The van der Waals surface area contributed by atoms with Gasteiger partial charge in [-0.3, -0.25) is 0 Å². The molecule has 0 radical (unpaired) electrons. The third-order valence-corrected chi connectivity index (χ3v) is 2.65. The lowest BCUT2D eigenvalue weighted by Crippen LogP contribution is -2.04. The van der Waals surface area contributed by atoms with Crippen LogP contribution < -0.4 is 0 Å². The lowest BCUT2D eigenvalue weighted by molar-refractivity contribution is -0.136. The van der Waals surface area contributed by atoms with Crippen molar-refractivity contribution in [2.75, 3.05) is 6.61 Å². The second kappa shape index (κ2) is 4.07. The lowest BCUT2D eigenvalue weighted by Gasteiger charge is -2.06. The zero-order valence-electron chi connectivity index (χ0n) is 9.08. The van der Waals surface area contributed by atoms with Gasteiger partial charge in [0.2, 0.25) is 0 Å². The van der Waals surface area contributed by atoms with Gasteiger partial charge in [0.15, 0.2) is 0 Å². The Morgan fingerprint density at radius 1 is 1.35 bits per heavy atom. The highest BCUT2D eigenvalue weighted by atomic mass is 19.4. The molecule has 0 amide bonds. The number of hydrogen-bond donors (Lipinski definition) is 1. The third-order valence-electron chi connectivity index (χ3n) is 2.65. The summed E-state index contributed by atoms with van der Waals surface area (Å²) in [4.78, 5) is 0. The maximum Gasteiger partial charge on any atom is 0.417 e. The standard InChI is InChI=1S/C12H11F3O2/c1-7(6-16)11-5-8-9(12(13,14)15)3-2-4-10(8)17-11/h2-5,7,16H,6H2,1H3. The van der Waals surface area contributed by atoms with E-state index in [0.717, 1.165) is 6.07 Å².